The molecule has 2 aliphatic rings. The first-order valence-corrected chi connectivity index (χ1v) is 9.05. The van der Waals surface area contributed by atoms with Gasteiger partial charge in [0, 0.05) is 30.3 Å². The van der Waals surface area contributed by atoms with Crippen LogP contribution in [0.1, 0.15) is 52.8 Å². The molecular formula is C16H19N5O2S. The summed E-state index contributed by atoms with van der Waals surface area (Å²) >= 11 is 1.66. The van der Waals surface area contributed by atoms with Crippen LogP contribution in [0.5, 0.6) is 0 Å². The van der Waals surface area contributed by atoms with Gasteiger partial charge in [0.1, 0.15) is 5.82 Å². The van der Waals surface area contributed by atoms with Gasteiger partial charge in [-0.3, -0.25) is 14.3 Å². The van der Waals surface area contributed by atoms with Crippen molar-refractivity contribution in [2.75, 3.05) is 5.32 Å². The van der Waals surface area contributed by atoms with Gasteiger partial charge in [0.2, 0.25) is 5.91 Å². The third-order valence-corrected chi connectivity index (χ3v) is 5.29. The molecule has 0 aliphatic heterocycles. The van der Waals surface area contributed by atoms with Crippen molar-refractivity contribution < 1.29 is 9.59 Å². The van der Waals surface area contributed by atoms with Crippen molar-refractivity contribution in [2.45, 2.75) is 38.1 Å². The largest absolute Gasteiger partial charge is 0.345 e. The van der Waals surface area contributed by atoms with Gasteiger partial charge >= 0.3 is 0 Å². The van der Waals surface area contributed by atoms with Crippen molar-refractivity contribution in [3.63, 3.8) is 0 Å². The Labute approximate surface area is 143 Å². The lowest BCUT2D eigenvalue weighted by Gasteiger charge is -2.02. The lowest BCUT2D eigenvalue weighted by atomic mass is 10.3. The van der Waals surface area contributed by atoms with Crippen molar-refractivity contribution >= 4 is 29.0 Å². The highest BCUT2D eigenvalue weighted by atomic mass is 32.1. The molecule has 0 atom stereocenters. The Morgan fingerprint density at radius 1 is 1.33 bits per heavy atom. The highest BCUT2D eigenvalue weighted by Crippen LogP contribution is 2.41. The van der Waals surface area contributed by atoms with Gasteiger partial charge in [0.15, 0.2) is 5.69 Å². The number of carbonyl (C=O) groups excluding carboxylic acids is 2. The zero-order valence-electron chi connectivity index (χ0n) is 13.4. The predicted octanol–water partition coefficient (Wildman–Crippen LogP) is 2.03. The van der Waals surface area contributed by atoms with Gasteiger partial charge in [-0.25, -0.2) is 4.98 Å². The second-order valence-electron chi connectivity index (χ2n) is 6.44. The molecule has 7 nitrogen and oxygen atoms in total. The Hall–Kier alpha value is -2.22. The van der Waals surface area contributed by atoms with Gasteiger partial charge in [-0.2, -0.15) is 5.10 Å². The van der Waals surface area contributed by atoms with Crippen LogP contribution in [0.25, 0.3) is 0 Å². The van der Waals surface area contributed by atoms with Gasteiger partial charge < -0.3 is 10.6 Å². The molecule has 2 saturated carbocycles. The van der Waals surface area contributed by atoms with Crippen LogP contribution in [-0.2, 0) is 18.4 Å². The number of aromatic nitrogens is 3. The Morgan fingerprint density at radius 3 is 2.83 bits per heavy atom. The van der Waals surface area contributed by atoms with Crippen molar-refractivity contribution in [1.29, 1.82) is 0 Å². The molecule has 2 aromatic rings. The molecule has 2 aliphatic carbocycles. The lowest BCUT2D eigenvalue weighted by Crippen LogP contribution is -2.23. The molecular weight excluding hydrogens is 326 g/mol. The standard InChI is InChI=1S/C16H19N5O2S/c1-21-13(19-14(22)9-2-3-9)6-12(20-21)15(23)17-7-11-8-24-16(18-11)10-4-5-10/h6,8-10H,2-5,7H2,1H3,(H,17,23)(H,19,22). The topological polar surface area (TPSA) is 88.9 Å². The van der Waals surface area contributed by atoms with Crippen LogP contribution in [-0.4, -0.2) is 26.6 Å². The molecule has 2 amide bonds. The van der Waals surface area contributed by atoms with E-state index in [2.05, 4.69) is 20.7 Å². The molecule has 24 heavy (non-hydrogen) atoms. The highest BCUT2D eigenvalue weighted by molar-refractivity contribution is 7.09. The smallest absolute Gasteiger partial charge is 0.272 e. The molecule has 2 aromatic heterocycles. The van der Waals surface area contributed by atoms with Gasteiger partial charge in [-0.1, -0.05) is 0 Å². The van der Waals surface area contributed by atoms with Crippen molar-refractivity contribution in [2.24, 2.45) is 13.0 Å². The minimum atomic E-state index is -0.265. The number of thiazole rings is 1. The quantitative estimate of drug-likeness (QED) is 0.838. The highest BCUT2D eigenvalue weighted by Gasteiger charge is 2.30. The number of carbonyl (C=O) groups is 2. The van der Waals surface area contributed by atoms with E-state index in [-0.39, 0.29) is 17.7 Å². The first-order valence-electron chi connectivity index (χ1n) is 8.17. The molecule has 126 valence electrons. The molecule has 0 spiro atoms. The molecule has 2 N–H and O–H groups in total. The van der Waals surface area contributed by atoms with Crippen LogP contribution in [0, 0.1) is 5.92 Å². The summed E-state index contributed by atoms with van der Waals surface area (Å²) in [6.45, 7) is 0.391. The zero-order valence-corrected chi connectivity index (χ0v) is 14.2. The van der Waals surface area contributed by atoms with Gasteiger partial charge in [0.05, 0.1) is 17.2 Å². The van der Waals surface area contributed by atoms with E-state index < -0.39 is 0 Å². The molecule has 4 rings (SSSR count). The summed E-state index contributed by atoms with van der Waals surface area (Å²) < 4.78 is 1.52. The second-order valence-corrected chi connectivity index (χ2v) is 7.33. The van der Waals surface area contributed by atoms with Crippen LogP contribution < -0.4 is 10.6 Å². The van der Waals surface area contributed by atoms with E-state index in [1.54, 1.807) is 24.5 Å². The van der Waals surface area contributed by atoms with Gasteiger partial charge in [-0.15, -0.1) is 11.3 Å². The van der Waals surface area contributed by atoms with Gasteiger partial charge in [0.25, 0.3) is 5.91 Å². The number of aryl methyl sites for hydroxylation is 1. The maximum absolute atomic E-state index is 12.2. The van der Waals surface area contributed by atoms with Crippen LogP contribution in [0.3, 0.4) is 0 Å². The van der Waals surface area contributed by atoms with E-state index in [0.29, 0.717) is 24.0 Å². The predicted molar refractivity (Wildman–Crippen MR) is 89.8 cm³/mol. The minimum Gasteiger partial charge on any atom is -0.345 e. The van der Waals surface area contributed by atoms with Crippen molar-refractivity contribution in [1.82, 2.24) is 20.1 Å². The number of rotatable bonds is 6. The summed E-state index contributed by atoms with van der Waals surface area (Å²) in [4.78, 5) is 28.6. The molecule has 2 fully saturated rings. The third kappa shape index (κ3) is 3.33. The molecule has 0 radical (unpaired) electrons. The summed E-state index contributed by atoms with van der Waals surface area (Å²) in [7, 11) is 1.71. The van der Waals surface area contributed by atoms with E-state index >= 15 is 0 Å². The molecule has 2 heterocycles. The number of nitrogens with one attached hydrogen (secondary N) is 2. The Balaban J connectivity index is 1.35. The van der Waals surface area contributed by atoms with Crippen LogP contribution >= 0.6 is 11.3 Å². The van der Waals surface area contributed by atoms with Gasteiger partial charge in [-0.05, 0) is 25.7 Å². The fourth-order valence-corrected chi connectivity index (χ4v) is 3.44. The zero-order chi connectivity index (χ0) is 16.7. The summed E-state index contributed by atoms with van der Waals surface area (Å²) in [5, 5.41) is 13.0. The van der Waals surface area contributed by atoms with E-state index in [9.17, 15) is 9.59 Å². The van der Waals surface area contributed by atoms with Crippen molar-refractivity contribution in [3.05, 3.63) is 27.8 Å². The monoisotopic (exact) mass is 345 g/mol. The number of hydrogen-bond acceptors (Lipinski definition) is 5. The van der Waals surface area contributed by atoms with E-state index in [0.717, 1.165) is 18.5 Å². The third-order valence-electron chi connectivity index (χ3n) is 4.24. The molecule has 0 saturated heterocycles. The molecule has 0 unspecified atom stereocenters. The minimum absolute atomic E-state index is 0.0000340. The maximum atomic E-state index is 12.2. The fourth-order valence-electron chi connectivity index (χ4n) is 2.45. The average molecular weight is 345 g/mol. The molecule has 0 bridgehead atoms. The number of hydrogen-bond donors (Lipinski definition) is 2. The average Bonchev–Trinajstić information content (AvgIpc) is 3.49. The number of anilines is 1. The fraction of sp³-hybridized carbons (Fsp3) is 0.500. The molecule has 0 aromatic carbocycles. The van der Waals surface area contributed by atoms with Crippen molar-refractivity contribution in [3.8, 4) is 0 Å². The first-order chi connectivity index (χ1) is 11.6. The Kier molecular flexibility index (Phi) is 3.84. The number of amides is 2. The Morgan fingerprint density at radius 2 is 2.12 bits per heavy atom. The summed E-state index contributed by atoms with van der Waals surface area (Å²) in [5.74, 6) is 1.02. The molecule has 8 heteroatoms. The van der Waals surface area contributed by atoms with E-state index in [4.69, 9.17) is 0 Å². The number of nitrogens with zero attached hydrogens (tertiary/aromatic N) is 3. The van der Waals surface area contributed by atoms with Crippen LogP contribution in [0.4, 0.5) is 5.82 Å². The van der Waals surface area contributed by atoms with E-state index in [1.807, 2.05) is 5.38 Å². The van der Waals surface area contributed by atoms with Crippen LogP contribution in [0.2, 0.25) is 0 Å². The second kappa shape index (κ2) is 6.01. The first kappa shape index (κ1) is 15.3. The summed E-state index contributed by atoms with van der Waals surface area (Å²) in [5.41, 5.74) is 1.18. The lowest BCUT2D eigenvalue weighted by molar-refractivity contribution is -0.117. The Bertz CT molecular complexity index is 788. The normalized spacial score (nSPS) is 16.9. The van der Waals surface area contributed by atoms with E-state index in [1.165, 1.54) is 22.5 Å². The van der Waals surface area contributed by atoms with Crippen LogP contribution in [0.15, 0.2) is 11.4 Å². The summed E-state index contributed by atoms with van der Waals surface area (Å²) in [6.07, 6.45) is 4.33. The SMILES string of the molecule is Cn1nc(C(=O)NCc2csc(C3CC3)n2)cc1NC(=O)C1CC1. The maximum Gasteiger partial charge on any atom is 0.272 e. The summed E-state index contributed by atoms with van der Waals surface area (Å²) in [6, 6.07) is 1.60.